The van der Waals surface area contributed by atoms with E-state index in [1.165, 1.54) is 9.75 Å². The summed E-state index contributed by atoms with van der Waals surface area (Å²) in [5.41, 5.74) is 0. The van der Waals surface area contributed by atoms with E-state index in [-0.39, 0.29) is 12.5 Å². The van der Waals surface area contributed by atoms with Crippen molar-refractivity contribution in [1.82, 2.24) is 4.90 Å². The molecule has 0 fully saturated rings. The summed E-state index contributed by atoms with van der Waals surface area (Å²) in [5.74, 6) is 0.281. The van der Waals surface area contributed by atoms with Gasteiger partial charge in [0.1, 0.15) is 0 Å². The molecule has 0 saturated heterocycles. The van der Waals surface area contributed by atoms with Crippen molar-refractivity contribution < 1.29 is 5.11 Å². The van der Waals surface area contributed by atoms with Crippen LogP contribution in [0.2, 0.25) is 0 Å². The molecule has 0 aliphatic rings. The number of rotatable bonds is 5. The highest BCUT2D eigenvalue weighted by Crippen LogP contribution is 2.32. The van der Waals surface area contributed by atoms with Crippen molar-refractivity contribution in [3.63, 3.8) is 0 Å². The molecular weight excluding hydrogens is 206 g/mol. The van der Waals surface area contributed by atoms with E-state index in [4.69, 9.17) is 0 Å². The van der Waals surface area contributed by atoms with Gasteiger partial charge in [0, 0.05) is 22.4 Å². The number of hydrogen-bond donors (Lipinski definition) is 1. The Bertz CT molecular complexity index is 296. The molecular formula is C12H21NOS. The highest BCUT2D eigenvalue weighted by atomic mass is 32.1. The van der Waals surface area contributed by atoms with Crippen LogP contribution in [0.5, 0.6) is 0 Å². The Morgan fingerprint density at radius 1 is 1.40 bits per heavy atom. The van der Waals surface area contributed by atoms with Crippen LogP contribution in [0, 0.1) is 5.92 Å². The zero-order chi connectivity index (χ0) is 11.4. The van der Waals surface area contributed by atoms with Gasteiger partial charge in [-0.15, -0.1) is 11.3 Å². The Hall–Kier alpha value is -0.380. The lowest BCUT2D eigenvalue weighted by molar-refractivity contribution is 0.148. The summed E-state index contributed by atoms with van der Waals surface area (Å²) in [4.78, 5) is 4.96. The summed E-state index contributed by atoms with van der Waals surface area (Å²) in [6.45, 7) is 4.51. The lowest BCUT2D eigenvalue weighted by atomic mass is 10.0. The maximum absolute atomic E-state index is 9.26. The summed E-state index contributed by atoms with van der Waals surface area (Å²) in [7, 11) is 4.14. The van der Waals surface area contributed by atoms with E-state index in [0.29, 0.717) is 6.04 Å². The average molecular weight is 227 g/mol. The van der Waals surface area contributed by atoms with E-state index in [9.17, 15) is 5.11 Å². The van der Waals surface area contributed by atoms with Gasteiger partial charge in [0.25, 0.3) is 0 Å². The van der Waals surface area contributed by atoms with Gasteiger partial charge in [-0.05, 0) is 38.6 Å². The monoisotopic (exact) mass is 227 g/mol. The zero-order valence-electron chi connectivity index (χ0n) is 10.0. The standard InChI is InChI=1S/C12H21NOS/c1-5-10-6-7-11(15-10)12(13(3)4)9(2)8-14/h6-7,9,12,14H,5,8H2,1-4H3. The van der Waals surface area contributed by atoms with Crippen LogP contribution in [0.4, 0.5) is 0 Å². The molecule has 1 heterocycles. The quantitative estimate of drug-likeness (QED) is 0.835. The minimum absolute atomic E-state index is 0.238. The van der Waals surface area contributed by atoms with Crippen molar-refractivity contribution in [2.75, 3.05) is 20.7 Å². The molecule has 1 N–H and O–H groups in total. The first-order chi connectivity index (χ1) is 7.10. The number of thiophene rings is 1. The fourth-order valence-corrected chi connectivity index (χ4v) is 3.17. The third-order valence-corrected chi connectivity index (χ3v) is 4.01. The predicted octanol–water partition coefficient (Wildman–Crippen LogP) is 2.54. The van der Waals surface area contributed by atoms with Crippen molar-refractivity contribution >= 4 is 11.3 Å². The maximum atomic E-state index is 9.26. The van der Waals surface area contributed by atoms with Crippen LogP contribution in [0.15, 0.2) is 12.1 Å². The highest BCUT2D eigenvalue weighted by Gasteiger charge is 2.22. The van der Waals surface area contributed by atoms with Crippen molar-refractivity contribution in [3.05, 3.63) is 21.9 Å². The summed E-state index contributed by atoms with van der Waals surface area (Å²) in [6, 6.07) is 4.72. The molecule has 0 aliphatic heterocycles. The smallest absolute Gasteiger partial charge is 0.0483 e. The normalized spacial score (nSPS) is 15.6. The molecule has 0 bridgehead atoms. The van der Waals surface area contributed by atoms with Crippen LogP contribution in [-0.2, 0) is 6.42 Å². The molecule has 2 unspecified atom stereocenters. The number of hydrogen-bond acceptors (Lipinski definition) is 3. The lowest BCUT2D eigenvalue weighted by Gasteiger charge is -2.28. The third-order valence-electron chi connectivity index (χ3n) is 2.71. The van der Waals surface area contributed by atoms with Gasteiger partial charge in [-0.25, -0.2) is 0 Å². The Morgan fingerprint density at radius 2 is 2.07 bits per heavy atom. The van der Waals surface area contributed by atoms with Gasteiger partial charge in [0.05, 0.1) is 0 Å². The first kappa shape index (κ1) is 12.7. The average Bonchev–Trinajstić information content (AvgIpc) is 2.65. The molecule has 3 heteroatoms. The molecule has 2 nitrogen and oxygen atoms in total. The number of aryl methyl sites for hydroxylation is 1. The Kier molecular flexibility index (Phi) is 4.77. The molecule has 1 aromatic rings. The largest absolute Gasteiger partial charge is 0.396 e. The van der Waals surface area contributed by atoms with Crippen LogP contribution >= 0.6 is 11.3 Å². The molecule has 0 amide bonds. The molecule has 2 atom stereocenters. The predicted molar refractivity (Wildman–Crippen MR) is 66.4 cm³/mol. The topological polar surface area (TPSA) is 23.5 Å². The van der Waals surface area contributed by atoms with E-state index in [2.05, 4.69) is 45.0 Å². The number of aliphatic hydroxyl groups is 1. The van der Waals surface area contributed by atoms with Gasteiger partial charge < -0.3 is 10.0 Å². The van der Waals surface area contributed by atoms with Gasteiger partial charge in [0.2, 0.25) is 0 Å². The van der Waals surface area contributed by atoms with E-state index in [1.54, 1.807) is 0 Å². The molecule has 1 rings (SSSR count). The van der Waals surface area contributed by atoms with E-state index in [0.717, 1.165) is 6.42 Å². The lowest BCUT2D eigenvalue weighted by Crippen LogP contribution is -2.27. The molecule has 15 heavy (non-hydrogen) atoms. The van der Waals surface area contributed by atoms with Crippen molar-refractivity contribution in [2.45, 2.75) is 26.3 Å². The zero-order valence-corrected chi connectivity index (χ0v) is 10.8. The molecule has 0 spiro atoms. The molecule has 0 radical (unpaired) electrons. The maximum Gasteiger partial charge on any atom is 0.0483 e. The van der Waals surface area contributed by atoms with Gasteiger partial charge in [-0.2, -0.15) is 0 Å². The Morgan fingerprint density at radius 3 is 2.47 bits per heavy atom. The molecule has 0 saturated carbocycles. The van der Waals surface area contributed by atoms with Crippen LogP contribution < -0.4 is 0 Å². The van der Waals surface area contributed by atoms with E-state index >= 15 is 0 Å². The van der Waals surface area contributed by atoms with Crippen molar-refractivity contribution in [1.29, 1.82) is 0 Å². The van der Waals surface area contributed by atoms with E-state index in [1.807, 2.05) is 11.3 Å². The minimum Gasteiger partial charge on any atom is -0.396 e. The van der Waals surface area contributed by atoms with Crippen LogP contribution in [0.1, 0.15) is 29.6 Å². The molecule has 0 aliphatic carbocycles. The second-order valence-electron chi connectivity index (χ2n) is 4.23. The molecule has 1 aromatic heterocycles. The Balaban J connectivity index is 2.88. The van der Waals surface area contributed by atoms with Gasteiger partial charge in [-0.3, -0.25) is 0 Å². The highest BCUT2D eigenvalue weighted by molar-refractivity contribution is 7.12. The number of nitrogens with zero attached hydrogens (tertiary/aromatic N) is 1. The van der Waals surface area contributed by atoms with Crippen LogP contribution in [0.25, 0.3) is 0 Å². The second kappa shape index (κ2) is 5.64. The third kappa shape index (κ3) is 3.03. The van der Waals surface area contributed by atoms with Crippen molar-refractivity contribution in [2.24, 2.45) is 5.92 Å². The fraction of sp³-hybridized carbons (Fsp3) is 0.667. The first-order valence-corrected chi connectivity index (χ1v) is 6.27. The Labute approximate surface area is 96.5 Å². The molecule has 0 aromatic carbocycles. The van der Waals surface area contributed by atoms with Gasteiger partial charge in [-0.1, -0.05) is 13.8 Å². The summed E-state index contributed by atoms with van der Waals surface area (Å²) >= 11 is 1.86. The fourth-order valence-electron chi connectivity index (χ4n) is 1.89. The molecule has 86 valence electrons. The number of aliphatic hydroxyl groups excluding tert-OH is 1. The summed E-state index contributed by atoms with van der Waals surface area (Å²) in [6.07, 6.45) is 1.10. The second-order valence-corrected chi connectivity index (χ2v) is 5.43. The van der Waals surface area contributed by atoms with Crippen LogP contribution in [0.3, 0.4) is 0 Å². The summed E-state index contributed by atoms with van der Waals surface area (Å²) in [5, 5.41) is 9.26. The van der Waals surface area contributed by atoms with Crippen molar-refractivity contribution in [3.8, 4) is 0 Å². The SMILES string of the molecule is CCc1ccc(C(C(C)CO)N(C)C)s1. The van der Waals surface area contributed by atoms with E-state index < -0.39 is 0 Å². The summed E-state index contributed by atoms with van der Waals surface area (Å²) < 4.78 is 0. The first-order valence-electron chi connectivity index (χ1n) is 5.46. The van der Waals surface area contributed by atoms with Crippen LogP contribution in [-0.4, -0.2) is 30.7 Å². The minimum atomic E-state index is 0.238. The van der Waals surface area contributed by atoms with Gasteiger partial charge in [0.15, 0.2) is 0 Å². The van der Waals surface area contributed by atoms with Gasteiger partial charge >= 0.3 is 0 Å².